The molecule has 0 nitrogen and oxygen atoms in total. The summed E-state index contributed by atoms with van der Waals surface area (Å²) >= 11 is 0. The SMILES string of the molecule is FC(F)(F)S[S+](c1ccccc1)C(F)(F)F. The summed E-state index contributed by atoms with van der Waals surface area (Å²) < 4.78 is 73.3. The minimum atomic E-state index is -4.91. The first-order valence-electron chi connectivity index (χ1n) is 3.82. The van der Waals surface area contributed by atoms with Gasteiger partial charge in [-0.1, -0.05) is 18.2 Å². The van der Waals surface area contributed by atoms with Gasteiger partial charge in [-0.3, -0.25) is 0 Å². The van der Waals surface area contributed by atoms with Gasteiger partial charge in [0.05, 0.1) is 0 Å². The number of alkyl halides is 6. The molecule has 0 bridgehead atoms. The van der Waals surface area contributed by atoms with E-state index in [0.717, 1.165) is 12.1 Å². The molecule has 1 aromatic rings. The van der Waals surface area contributed by atoms with Crippen LogP contribution in [0.15, 0.2) is 35.2 Å². The van der Waals surface area contributed by atoms with Crippen LogP contribution in [-0.2, 0) is 9.93 Å². The summed E-state index contributed by atoms with van der Waals surface area (Å²) in [6.07, 6.45) is 0. The van der Waals surface area contributed by atoms with Gasteiger partial charge in [0.2, 0.25) is 20.7 Å². The average Bonchev–Trinajstić information content (AvgIpc) is 2.13. The highest BCUT2D eigenvalue weighted by Gasteiger charge is 2.60. The van der Waals surface area contributed by atoms with Gasteiger partial charge in [0.1, 0.15) is 0 Å². The maximum atomic E-state index is 12.4. The van der Waals surface area contributed by atoms with Gasteiger partial charge in [-0.25, -0.2) is 0 Å². The van der Waals surface area contributed by atoms with Crippen molar-refractivity contribution in [2.75, 3.05) is 0 Å². The van der Waals surface area contributed by atoms with Gasteiger partial charge in [0.15, 0.2) is 4.90 Å². The predicted molar refractivity (Wildman–Crippen MR) is 51.8 cm³/mol. The van der Waals surface area contributed by atoms with Crippen molar-refractivity contribution in [3.05, 3.63) is 30.3 Å². The fraction of sp³-hybridized carbons (Fsp3) is 0.250. The molecule has 0 spiro atoms. The van der Waals surface area contributed by atoms with E-state index in [1.54, 1.807) is 0 Å². The van der Waals surface area contributed by atoms with E-state index in [9.17, 15) is 26.3 Å². The summed E-state index contributed by atoms with van der Waals surface area (Å²) in [7, 11) is -3.92. The van der Waals surface area contributed by atoms with Gasteiger partial charge >= 0.3 is 11.0 Å². The second-order valence-electron chi connectivity index (χ2n) is 2.56. The topological polar surface area (TPSA) is 0 Å². The molecule has 0 aliphatic rings. The Kier molecular flexibility index (Phi) is 4.06. The van der Waals surface area contributed by atoms with Crippen molar-refractivity contribution in [3.63, 3.8) is 0 Å². The Labute approximate surface area is 93.8 Å². The lowest BCUT2D eigenvalue weighted by Gasteiger charge is -2.09. The molecular formula is C8H5F6S2+. The van der Waals surface area contributed by atoms with Crippen molar-refractivity contribution >= 4 is 20.7 Å². The highest BCUT2D eigenvalue weighted by Crippen LogP contribution is 2.48. The average molecular weight is 279 g/mol. The van der Waals surface area contributed by atoms with Gasteiger partial charge in [0.25, 0.3) is 0 Å². The summed E-state index contributed by atoms with van der Waals surface area (Å²) in [6, 6.07) is 6.07. The van der Waals surface area contributed by atoms with Crippen molar-refractivity contribution in [1.82, 2.24) is 0 Å². The van der Waals surface area contributed by atoms with E-state index in [1.807, 2.05) is 0 Å². The molecule has 0 saturated heterocycles. The number of hydrogen-bond acceptors (Lipinski definition) is 1. The minimum absolute atomic E-state index is 0.377. The van der Waals surface area contributed by atoms with Gasteiger partial charge < -0.3 is 0 Å². The molecule has 8 heteroatoms. The molecular weight excluding hydrogens is 274 g/mol. The van der Waals surface area contributed by atoms with E-state index in [0.29, 0.717) is 0 Å². The predicted octanol–water partition coefficient (Wildman–Crippen LogP) is 4.35. The van der Waals surface area contributed by atoms with Gasteiger partial charge in [0, 0.05) is 0 Å². The zero-order valence-corrected chi connectivity index (χ0v) is 9.10. The Bertz CT molecular complexity index is 331. The van der Waals surface area contributed by atoms with E-state index < -0.39 is 31.7 Å². The highest BCUT2D eigenvalue weighted by molar-refractivity contribution is 8.74. The summed E-state index contributed by atoms with van der Waals surface area (Å²) in [5, 5.41) is 0. The molecule has 1 aromatic carbocycles. The van der Waals surface area contributed by atoms with Crippen LogP contribution < -0.4 is 0 Å². The first-order chi connectivity index (χ1) is 7.20. The number of halogens is 6. The van der Waals surface area contributed by atoms with Gasteiger partial charge in [-0.15, -0.1) is 13.2 Å². The van der Waals surface area contributed by atoms with Gasteiger partial charge in [-0.05, 0) is 12.1 Å². The monoisotopic (exact) mass is 279 g/mol. The van der Waals surface area contributed by atoms with E-state index >= 15 is 0 Å². The fourth-order valence-corrected chi connectivity index (χ4v) is 3.39. The van der Waals surface area contributed by atoms with Crippen LogP contribution in [0, 0.1) is 0 Å². The molecule has 16 heavy (non-hydrogen) atoms. The molecule has 0 radical (unpaired) electrons. The fourth-order valence-electron chi connectivity index (χ4n) is 0.868. The second-order valence-corrected chi connectivity index (χ2v) is 6.16. The first kappa shape index (κ1) is 13.6. The Morgan fingerprint density at radius 3 is 1.75 bits per heavy atom. The van der Waals surface area contributed by atoms with Crippen LogP contribution in [0.3, 0.4) is 0 Å². The first-order valence-corrected chi connectivity index (χ1v) is 6.38. The lowest BCUT2D eigenvalue weighted by Crippen LogP contribution is -2.24. The Hall–Kier alpha value is -0.500. The Balaban J connectivity index is 2.98. The van der Waals surface area contributed by atoms with E-state index in [1.165, 1.54) is 18.2 Å². The highest BCUT2D eigenvalue weighted by atomic mass is 33.1. The summed E-state index contributed by atoms with van der Waals surface area (Å²) in [6.45, 7) is 0. The van der Waals surface area contributed by atoms with Crippen LogP contribution in [0.5, 0.6) is 0 Å². The smallest absolute Gasteiger partial charge is 0.157 e. The van der Waals surface area contributed by atoms with Crippen LogP contribution in [0.25, 0.3) is 0 Å². The minimum Gasteiger partial charge on any atom is -0.157 e. The molecule has 90 valence electrons. The van der Waals surface area contributed by atoms with E-state index in [4.69, 9.17) is 0 Å². The molecule has 0 amide bonds. The summed E-state index contributed by atoms with van der Waals surface area (Å²) in [4.78, 5) is -0.377. The number of benzene rings is 1. The third-order valence-corrected chi connectivity index (χ3v) is 5.03. The van der Waals surface area contributed by atoms with Crippen LogP contribution >= 0.6 is 10.8 Å². The Morgan fingerprint density at radius 2 is 1.38 bits per heavy atom. The van der Waals surface area contributed by atoms with Crippen LogP contribution in [-0.4, -0.2) is 11.0 Å². The largest absolute Gasteiger partial charge is 0.593 e. The third kappa shape index (κ3) is 4.17. The zero-order chi connectivity index (χ0) is 12.4. The number of rotatable bonds is 2. The molecule has 0 fully saturated rings. The van der Waals surface area contributed by atoms with Crippen molar-refractivity contribution in [1.29, 1.82) is 0 Å². The van der Waals surface area contributed by atoms with Crippen LogP contribution in [0.1, 0.15) is 0 Å². The van der Waals surface area contributed by atoms with Crippen molar-refractivity contribution in [2.24, 2.45) is 0 Å². The molecule has 0 heterocycles. The normalized spacial score (nSPS) is 14.9. The molecule has 0 aromatic heterocycles. The lowest BCUT2D eigenvalue weighted by molar-refractivity contribution is -0.0400. The van der Waals surface area contributed by atoms with E-state index in [2.05, 4.69) is 0 Å². The standard InChI is InChI=1S/C8H5F6S2/c9-7(10,11)15-16(8(12,13)14)6-4-2-1-3-5-6/h1-5H/q+1. The summed E-state index contributed by atoms with van der Waals surface area (Å²) in [5.41, 5.74) is -9.81. The third-order valence-electron chi connectivity index (χ3n) is 1.35. The quantitative estimate of drug-likeness (QED) is 0.440. The van der Waals surface area contributed by atoms with Crippen molar-refractivity contribution in [2.45, 2.75) is 15.9 Å². The van der Waals surface area contributed by atoms with Crippen molar-refractivity contribution < 1.29 is 26.3 Å². The maximum Gasteiger partial charge on any atom is 0.593 e. The molecule has 1 rings (SSSR count). The Morgan fingerprint density at radius 1 is 0.875 bits per heavy atom. The van der Waals surface area contributed by atoms with E-state index in [-0.39, 0.29) is 4.90 Å². The number of hydrogen-bond donors (Lipinski definition) is 0. The van der Waals surface area contributed by atoms with Crippen LogP contribution in [0.2, 0.25) is 0 Å². The molecule has 0 N–H and O–H groups in total. The van der Waals surface area contributed by atoms with Crippen molar-refractivity contribution in [3.8, 4) is 0 Å². The van der Waals surface area contributed by atoms with Gasteiger partial charge in [-0.2, -0.15) is 13.2 Å². The van der Waals surface area contributed by atoms with Crippen LogP contribution in [0.4, 0.5) is 26.3 Å². The molecule has 1 unspecified atom stereocenters. The molecule has 0 aliphatic carbocycles. The second kappa shape index (κ2) is 4.79. The lowest BCUT2D eigenvalue weighted by atomic mass is 10.4. The maximum absolute atomic E-state index is 12.4. The molecule has 0 aliphatic heterocycles. The molecule has 1 atom stereocenters. The summed E-state index contributed by atoms with van der Waals surface area (Å²) in [5.74, 6) is 0. The molecule has 0 saturated carbocycles. The zero-order valence-electron chi connectivity index (χ0n) is 7.47.